The van der Waals surface area contributed by atoms with Crippen LogP contribution in [0, 0.1) is 0 Å². The lowest BCUT2D eigenvalue weighted by Crippen LogP contribution is -2.33. The van der Waals surface area contributed by atoms with Gasteiger partial charge in [0, 0.05) is 26.7 Å². The topological polar surface area (TPSA) is 134 Å². The van der Waals surface area contributed by atoms with Gasteiger partial charge < -0.3 is 40.3 Å². The number of hydrogen-bond donors (Lipinski definition) is 6. The molecule has 0 amide bonds. The molecule has 116 valence electrons. The second kappa shape index (κ2) is 9.47. The molecule has 0 aliphatic rings. The van der Waals surface area contributed by atoms with Crippen molar-refractivity contribution in [3.63, 3.8) is 0 Å². The first-order chi connectivity index (χ1) is 8.64. The zero-order valence-corrected chi connectivity index (χ0v) is 12.8. The van der Waals surface area contributed by atoms with E-state index in [1.165, 1.54) is 0 Å². The second-order valence-corrected chi connectivity index (χ2v) is 7.01. The van der Waals surface area contributed by atoms with Crippen molar-refractivity contribution < 1.29 is 35.4 Å². The lowest BCUT2D eigenvalue weighted by molar-refractivity contribution is -0.238. The summed E-state index contributed by atoms with van der Waals surface area (Å²) in [6.45, 7) is 2.09. The summed E-state index contributed by atoms with van der Waals surface area (Å²) < 4.78 is 4.93. The van der Waals surface area contributed by atoms with Gasteiger partial charge in [0.15, 0.2) is 0 Å². The predicted molar refractivity (Wildman–Crippen MR) is 73.5 cm³/mol. The summed E-state index contributed by atoms with van der Waals surface area (Å²) in [6, 6.07) is 0. The highest BCUT2D eigenvalue weighted by molar-refractivity contribution is 7.39. The molecule has 10 heteroatoms. The van der Waals surface area contributed by atoms with Crippen molar-refractivity contribution in [1.82, 2.24) is 4.90 Å². The molecule has 0 spiro atoms. The molecular weight excluding hydrogens is 296 g/mol. The Bertz CT molecular complexity index is 212. The van der Waals surface area contributed by atoms with Crippen LogP contribution in [0.3, 0.4) is 0 Å². The summed E-state index contributed by atoms with van der Waals surface area (Å²) in [4.78, 5) is 1.92. The number of rotatable bonds is 11. The van der Waals surface area contributed by atoms with Gasteiger partial charge in [-0.3, -0.25) is 0 Å². The number of hydrogen-bond acceptors (Lipinski definition) is 8. The summed E-state index contributed by atoms with van der Waals surface area (Å²) >= 11 is 0. The molecule has 0 aromatic rings. The van der Waals surface area contributed by atoms with Crippen molar-refractivity contribution >= 4 is 17.2 Å². The van der Waals surface area contributed by atoms with Crippen LogP contribution in [-0.4, -0.2) is 92.6 Å². The molecule has 2 atom stereocenters. The zero-order chi connectivity index (χ0) is 14.9. The van der Waals surface area contributed by atoms with Crippen molar-refractivity contribution in [1.29, 1.82) is 0 Å². The van der Waals surface area contributed by atoms with Crippen LogP contribution in [0.15, 0.2) is 0 Å². The maximum absolute atomic E-state index is 8.77. The van der Waals surface area contributed by atoms with Crippen molar-refractivity contribution in [3.05, 3.63) is 0 Å². The normalized spacial score (nSPS) is 14.5. The van der Waals surface area contributed by atoms with Crippen molar-refractivity contribution in [2.45, 2.75) is 11.4 Å². The largest absolute Gasteiger partial charge is 0.383 e. The lowest BCUT2D eigenvalue weighted by Gasteiger charge is -2.24. The summed E-state index contributed by atoms with van der Waals surface area (Å²) in [6.07, 6.45) is 0.775. The van der Waals surface area contributed by atoms with E-state index < -0.39 is 28.6 Å². The third-order valence-corrected chi connectivity index (χ3v) is 4.09. The lowest BCUT2D eigenvalue weighted by atomic mass is 10.5. The Kier molecular flexibility index (Phi) is 9.74. The molecule has 0 aliphatic carbocycles. The minimum Gasteiger partial charge on any atom is -0.383 e. The molecule has 8 nitrogen and oxygen atoms in total. The van der Waals surface area contributed by atoms with E-state index in [4.69, 9.17) is 35.4 Å². The molecule has 0 aromatic heterocycles. The Morgan fingerprint density at radius 3 is 1.58 bits per heavy atom. The predicted octanol–water partition coefficient (Wildman–Crippen LogP) is -2.53. The number of aliphatic hydroxyl groups is 6. The Labute approximate surface area is 115 Å². The van der Waals surface area contributed by atoms with Gasteiger partial charge in [0.25, 0.3) is 11.4 Å². The van der Waals surface area contributed by atoms with Gasteiger partial charge in [-0.15, -0.1) is 0 Å². The molecule has 0 aliphatic heterocycles. The fourth-order valence-corrected chi connectivity index (χ4v) is 2.85. The van der Waals surface area contributed by atoms with Gasteiger partial charge in [-0.25, -0.2) is 0 Å². The maximum Gasteiger partial charge on any atom is 0.290 e. The maximum atomic E-state index is 8.77. The van der Waals surface area contributed by atoms with E-state index in [0.717, 1.165) is 0 Å². The third kappa shape index (κ3) is 14.8. The first-order valence-corrected chi connectivity index (χ1v) is 8.11. The van der Waals surface area contributed by atoms with E-state index in [9.17, 15) is 0 Å². The van der Waals surface area contributed by atoms with E-state index in [-0.39, 0.29) is 0 Å². The van der Waals surface area contributed by atoms with Gasteiger partial charge in [0.2, 0.25) is 0 Å². The van der Waals surface area contributed by atoms with Crippen molar-refractivity contribution in [2.24, 2.45) is 0 Å². The minimum absolute atomic E-state index is 0.388. The summed E-state index contributed by atoms with van der Waals surface area (Å²) in [7, 11) is 0.702. The summed E-state index contributed by atoms with van der Waals surface area (Å²) in [5, 5.41) is 52.6. The van der Waals surface area contributed by atoms with Gasteiger partial charge in [-0.2, -0.15) is 0 Å². The van der Waals surface area contributed by atoms with Crippen molar-refractivity contribution in [3.8, 4) is 0 Å². The van der Waals surface area contributed by atoms with Crippen LogP contribution >= 0.6 is 17.2 Å². The SMILES string of the molecule is COCCN(CCPC(O)(O)O)CCPC(O)(O)O. The fraction of sp³-hybridized carbons (Fsp3) is 1.00. The van der Waals surface area contributed by atoms with Crippen molar-refractivity contribution in [2.75, 3.05) is 45.7 Å². The van der Waals surface area contributed by atoms with Gasteiger partial charge in [-0.05, 0) is 29.5 Å². The molecule has 0 bridgehead atoms. The van der Waals surface area contributed by atoms with Crippen LogP contribution < -0.4 is 0 Å². The molecule has 0 fully saturated rings. The molecule has 0 aromatic carbocycles. The van der Waals surface area contributed by atoms with Gasteiger partial charge in [0.1, 0.15) is 0 Å². The highest BCUT2D eigenvalue weighted by Gasteiger charge is 2.19. The zero-order valence-electron chi connectivity index (χ0n) is 10.8. The first kappa shape index (κ1) is 19.5. The number of ether oxygens (including phenoxy) is 1. The first-order valence-electron chi connectivity index (χ1n) is 5.69. The molecule has 0 rings (SSSR count). The van der Waals surface area contributed by atoms with Gasteiger partial charge >= 0.3 is 0 Å². The van der Waals surface area contributed by atoms with Crippen LogP contribution in [0.2, 0.25) is 0 Å². The number of methoxy groups -OCH3 is 1. The van der Waals surface area contributed by atoms with Crippen LogP contribution in [-0.2, 0) is 4.74 Å². The smallest absolute Gasteiger partial charge is 0.290 e. The fourth-order valence-electron chi connectivity index (χ4n) is 1.32. The van der Waals surface area contributed by atoms with E-state index in [0.29, 0.717) is 38.6 Å². The van der Waals surface area contributed by atoms with Crippen LogP contribution in [0.4, 0.5) is 0 Å². The Morgan fingerprint density at radius 1 is 0.842 bits per heavy atom. The summed E-state index contributed by atoms with van der Waals surface area (Å²) in [5.74, 6) is 0. The standard InChI is InChI=1S/C9H23NO7P2/c1-17-5-2-10(3-6-18-8(11,12)13)4-7-19-9(14,15)16/h11-16,18-19H,2-7H2,1H3. The Balaban J connectivity index is 3.94. The quantitative estimate of drug-likeness (QED) is 0.181. The molecular formula is C9H23NO7P2. The Morgan fingerprint density at radius 2 is 1.26 bits per heavy atom. The third-order valence-electron chi connectivity index (χ3n) is 2.19. The highest BCUT2D eigenvalue weighted by atomic mass is 31.1. The van der Waals surface area contributed by atoms with E-state index in [2.05, 4.69) is 0 Å². The summed E-state index contributed by atoms with van der Waals surface area (Å²) in [5.41, 5.74) is -5.27. The minimum atomic E-state index is -2.63. The number of nitrogens with zero attached hydrogens (tertiary/aromatic N) is 1. The monoisotopic (exact) mass is 319 g/mol. The van der Waals surface area contributed by atoms with E-state index >= 15 is 0 Å². The van der Waals surface area contributed by atoms with E-state index in [1.807, 2.05) is 4.90 Å². The average Bonchev–Trinajstić information content (AvgIpc) is 2.21. The van der Waals surface area contributed by atoms with Gasteiger partial charge in [0.05, 0.1) is 6.61 Å². The second-order valence-electron chi connectivity index (χ2n) is 3.96. The molecule has 2 unspecified atom stereocenters. The Hall–Kier alpha value is 0.540. The highest BCUT2D eigenvalue weighted by Crippen LogP contribution is 2.24. The molecule has 0 saturated heterocycles. The molecule has 0 heterocycles. The molecule has 19 heavy (non-hydrogen) atoms. The molecule has 0 radical (unpaired) electrons. The van der Waals surface area contributed by atoms with Crippen LogP contribution in [0.1, 0.15) is 0 Å². The van der Waals surface area contributed by atoms with E-state index in [1.54, 1.807) is 7.11 Å². The van der Waals surface area contributed by atoms with Crippen LogP contribution in [0.25, 0.3) is 0 Å². The molecule has 0 saturated carbocycles. The van der Waals surface area contributed by atoms with Gasteiger partial charge in [-0.1, -0.05) is 0 Å². The van der Waals surface area contributed by atoms with Crippen LogP contribution in [0.5, 0.6) is 0 Å². The average molecular weight is 319 g/mol. The molecule has 6 N–H and O–H groups in total.